The number of hydrogen-bond donors (Lipinski definition) is 2. The van der Waals surface area contributed by atoms with Crippen LogP contribution >= 0.6 is 23.2 Å². The van der Waals surface area contributed by atoms with Gasteiger partial charge in [-0.15, -0.1) is 15.0 Å². The molecule has 0 fully saturated rings. The third kappa shape index (κ3) is 5.48. The van der Waals surface area contributed by atoms with Crippen LogP contribution < -0.4 is 0 Å². The first-order valence-corrected chi connectivity index (χ1v) is 11.9. The van der Waals surface area contributed by atoms with Crippen LogP contribution in [0.2, 0.25) is 10.0 Å². The molecule has 2 N–H and O–H groups in total. The van der Waals surface area contributed by atoms with Crippen molar-refractivity contribution in [1.82, 2.24) is 30.4 Å². The van der Waals surface area contributed by atoms with E-state index in [-0.39, 0.29) is 5.75 Å². The number of aryl methyl sites for hydroxylation is 1. The molecule has 0 bridgehead atoms. The van der Waals surface area contributed by atoms with Crippen LogP contribution in [0.5, 0.6) is 5.75 Å². The molecule has 7 nitrogen and oxygen atoms in total. The summed E-state index contributed by atoms with van der Waals surface area (Å²) in [6.07, 6.45) is 2.84. The van der Waals surface area contributed by atoms with Gasteiger partial charge in [0.1, 0.15) is 33.5 Å². The molecule has 5 aromatic rings. The summed E-state index contributed by atoms with van der Waals surface area (Å²) in [7, 11) is 0. The molecule has 0 unspecified atom stereocenters. The third-order valence-electron chi connectivity index (χ3n) is 5.23. The first-order valence-electron chi connectivity index (χ1n) is 11.2. The van der Waals surface area contributed by atoms with E-state index in [1.54, 1.807) is 24.3 Å². The summed E-state index contributed by atoms with van der Waals surface area (Å²) >= 11 is 11.7. The van der Waals surface area contributed by atoms with Crippen LogP contribution in [0, 0.1) is 5.92 Å². The summed E-state index contributed by atoms with van der Waals surface area (Å²) in [5.74, 6) is 0.721. The number of rotatable bonds is 5. The van der Waals surface area contributed by atoms with Gasteiger partial charge < -0.3 is 5.11 Å². The number of H-pyrrole nitrogens is 1. The van der Waals surface area contributed by atoms with Crippen molar-refractivity contribution in [2.24, 2.45) is 5.92 Å². The largest absolute Gasteiger partial charge is 0.505 e. The van der Waals surface area contributed by atoms with Crippen LogP contribution in [0.15, 0.2) is 48.5 Å². The second-order valence-corrected chi connectivity index (χ2v) is 9.42. The number of benzene rings is 3. The summed E-state index contributed by atoms with van der Waals surface area (Å²) in [6, 6.07) is 14.9. The molecule has 3 aromatic carbocycles. The van der Waals surface area contributed by atoms with Crippen LogP contribution in [0.3, 0.4) is 0 Å². The third-order valence-corrected chi connectivity index (χ3v) is 5.70. The Labute approximate surface area is 207 Å². The highest BCUT2D eigenvalue weighted by atomic mass is 35.5. The number of fused-ring (bicyclic) bond motifs is 2. The van der Waals surface area contributed by atoms with Crippen LogP contribution in [0.25, 0.3) is 27.8 Å². The predicted octanol–water partition coefficient (Wildman–Crippen LogP) is 6.54. The van der Waals surface area contributed by atoms with Crippen LogP contribution in [-0.4, -0.2) is 35.5 Å². The Morgan fingerprint density at radius 3 is 2.24 bits per heavy atom. The Hall–Kier alpha value is -3.16. The second-order valence-electron chi connectivity index (χ2n) is 8.55. The van der Waals surface area contributed by atoms with Crippen molar-refractivity contribution in [3.05, 3.63) is 69.7 Å². The second kappa shape index (κ2) is 10.4. The summed E-state index contributed by atoms with van der Waals surface area (Å²) in [4.78, 5) is 1.51. The van der Waals surface area contributed by atoms with Gasteiger partial charge in [0.15, 0.2) is 0 Å². The fraction of sp³-hybridized carbons (Fsp3) is 0.280. The molecule has 5 rings (SSSR count). The van der Waals surface area contributed by atoms with E-state index >= 15 is 0 Å². The fourth-order valence-electron chi connectivity index (χ4n) is 3.73. The molecule has 0 aliphatic rings. The quantitative estimate of drug-likeness (QED) is 0.288. The lowest BCUT2D eigenvalue weighted by molar-refractivity contribution is 0.455. The molecule has 0 saturated carbocycles. The van der Waals surface area contributed by atoms with Gasteiger partial charge in [-0.2, -0.15) is 15.4 Å². The Bertz CT molecular complexity index is 1430. The maximum atomic E-state index is 10.7. The molecule has 0 aliphatic carbocycles. The lowest BCUT2D eigenvalue weighted by Gasteiger charge is -2.13. The van der Waals surface area contributed by atoms with Crippen molar-refractivity contribution >= 4 is 45.3 Å². The number of nitrogens with zero attached hydrogens (tertiary/aromatic N) is 5. The van der Waals surface area contributed by atoms with Gasteiger partial charge >= 0.3 is 0 Å². The molecule has 2 heterocycles. The zero-order valence-electron chi connectivity index (χ0n) is 19.3. The lowest BCUT2D eigenvalue weighted by Crippen LogP contribution is -2.04. The van der Waals surface area contributed by atoms with Crippen molar-refractivity contribution in [2.75, 3.05) is 0 Å². The van der Waals surface area contributed by atoms with Gasteiger partial charge in [-0.1, -0.05) is 56.5 Å². The van der Waals surface area contributed by atoms with Crippen molar-refractivity contribution in [3.63, 3.8) is 0 Å². The summed E-state index contributed by atoms with van der Waals surface area (Å²) in [6.45, 7) is 6.44. The number of phenolic OH excluding ortho intramolecular Hbond substituents is 1. The standard InChI is InChI=1S/C19H22ClN3O.C6H4ClN3/c1-4-5-13-9-14(8-12(2)3)19(24)18(10-13)23-21-16-7-6-15(20)11-17(16)22-23;7-4-1-2-5-6(3-4)9-10-8-5/h6-7,9-12,24H,4-5,8H2,1-3H3;1-3H,(H,8,9,10). The van der Waals surface area contributed by atoms with E-state index in [0.29, 0.717) is 27.2 Å². The molecular weight excluding hydrogens is 471 g/mol. The minimum Gasteiger partial charge on any atom is -0.505 e. The highest BCUT2D eigenvalue weighted by Gasteiger charge is 2.15. The maximum absolute atomic E-state index is 10.7. The normalized spacial score (nSPS) is 11.2. The molecule has 176 valence electrons. The number of phenols is 1. The Morgan fingerprint density at radius 2 is 1.53 bits per heavy atom. The molecule has 0 atom stereocenters. The molecule has 0 amide bonds. The van der Waals surface area contributed by atoms with Gasteiger partial charge in [0, 0.05) is 10.0 Å². The van der Waals surface area contributed by atoms with Gasteiger partial charge in [-0.05, 0) is 72.4 Å². The van der Waals surface area contributed by atoms with E-state index in [2.05, 4.69) is 52.4 Å². The molecular formula is C25H26Cl2N6O. The summed E-state index contributed by atoms with van der Waals surface area (Å²) in [5.41, 5.74) is 5.88. The van der Waals surface area contributed by atoms with E-state index < -0.39 is 0 Å². The number of halogens is 2. The first-order chi connectivity index (χ1) is 16.3. The van der Waals surface area contributed by atoms with Crippen molar-refractivity contribution in [2.45, 2.75) is 40.0 Å². The number of hydrogen-bond acceptors (Lipinski definition) is 5. The van der Waals surface area contributed by atoms with Crippen molar-refractivity contribution < 1.29 is 5.11 Å². The maximum Gasteiger partial charge on any atom is 0.146 e. The molecule has 9 heteroatoms. The number of aromatic hydroxyl groups is 1. The monoisotopic (exact) mass is 496 g/mol. The van der Waals surface area contributed by atoms with Gasteiger partial charge in [-0.25, -0.2) is 0 Å². The van der Waals surface area contributed by atoms with E-state index in [0.717, 1.165) is 41.4 Å². The zero-order valence-corrected chi connectivity index (χ0v) is 20.8. The predicted molar refractivity (Wildman–Crippen MR) is 137 cm³/mol. The molecule has 0 saturated heterocycles. The molecule has 34 heavy (non-hydrogen) atoms. The smallest absolute Gasteiger partial charge is 0.146 e. The highest BCUT2D eigenvalue weighted by molar-refractivity contribution is 6.31. The molecule has 0 spiro atoms. The zero-order chi connectivity index (χ0) is 24.2. The first kappa shape index (κ1) is 24.0. The van der Waals surface area contributed by atoms with Crippen LogP contribution in [0.1, 0.15) is 38.3 Å². The fourth-order valence-corrected chi connectivity index (χ4v) is 4.06. The number of nitrogens with one attached hydrogen (secondary N) is 1. The van der Waals surface area contributed by atoms with Crippen molar-refractivity contribution in [3.8, 4) is 11.4 Å². The SMILES string of the molecule is CCCc1cc(CC(C)C)c(O)c(-n2nc3ccc(Cl)cc3n2)c1.Clc1ccc2n[nH]nc2c1. The number of aromatic nitrogens is 6. The van der Waals surface area contributed by atoms with Gasteiger partial charge in [-0.3, -0.25) is 0 Å². The van der Waals surface area contributed by atoms with Gasteiger partial charge in [0.2, 0.25) is 0 Å². The van der Waals surface area contributed by atoms with Gasteiger partial charge in [0.05, 0.1) is 0 Å². The Balaban J connectivity index is 0.000000226. The highest BCUT2D eigenvalue weighted by Crippen LogP contribution is 2.30. The van der Waals surface area contributed by atoms with E-state index in [4.69, 9.17) is 23.2 Å². The average molecular weight is 497 g/mol. The van der Waals surface area contributed by atoms with Crippen LogP contribution in [-0.2, 0) is 12.8 Å². The summed E-state index contributed by atoms with van der Waals surface area (Å²) in [5, 5.41) is 31.3. The Morgan fingerprint density at radius 1 is 0.882 bits per heavy atom. The van der Waals surface area contributed by atoms with E-state index in [1.165, 1.54) is 10.4 Å². The molecule has 0 radical (unpaired) electrons. The molecule has 0 aliphatic heterocycles. The van der Waals surface area contributed by atoms with Crippen LogP contribution in [0.4, 0.5) is 0 Å². The Kier molecular flexibility index (Phi) is 7.34. The van der Waals surface area contributed by atoms with E-state index in [9.17, 15) is 5.11 Å². The van der Waals surface area contributed by atoms with Gasteiger partial charge in [0.25, 0.3) is 0 Å². The van der Waals surface area contributed by atoms with Crippen molar-refractivity contribution in [1.29, 1.82) is 0 Å². The molecule has 2 aromatic heterocycles. The minimum atomic E-state index is 0.259. The average Bonchev–Trinajstić information content (AvgIpc) is 3.42. The minimum absolute atomic E-state index is 0.259. The summed E-state index contributed by atoms with van der Waals surface area (Å²) < 4.78 is 0. The lowest BCUT2D eigenvalue weighted by atomic mass is 9.97. The number of aromatic amines is 1. The topological polar surface area (TPSA) is 92.5 Å². The van der Waals surface area contributed by atoms with E-state index in [1.807, 2.05) is 18.2 Å².